The number of benzene rings is 2. The van der Waals surface area contributed by atoms with E-state index >= 15 is 0 Å². The Hall–Kier alpha value is -3.41. The van der Waals surface area contributed by atoms with Crippen LogP contribution in [0.1, 0.15) is 34.9 Å². The van der Waals surface area contributed by atoms with Gasteiger partial charge in [0.1, 0.15) is 11.3 Å². The number of hydrogen-bond acceptors (Lipinski definition) is 4. The third-order valence-corrected chi connectivity index (χ3v) is 4.73. The number of carbonyl (C=O) groups is 1. The van der Waals surface area contributed by atoms with Crippen LogP contribution >= 0.6 is 0 Å². The van der Waals surface area contributed by atoms with Crippen molar-refractivity contribution in [2.24, 2.45) is 0 Å². The molecule has 0 aliphatic heterocycles. The topological polar surface area (TPSA) is 64.2 Å². The maximum Gasteiger partial charge on any atom is 0.276 e. The van der Waals surface area contributed by atoms with Crippen molar-refractivity contribution in [2.75, 3.05) is 7.05 Å². The van der Waals surface area contributed by atoms with Crippen LogP contribution in [0.2, 0.25) is 0 Å². The molecule has 0 fully saturated rings. The van der Waals surface area contributed by atoms with Gasteiger partial charge in [0, 0.05) is 12.4 Å². The van der Waals surface area contributed by atoms with Crippen molar-refractivity contribution < 1.29 is 9.21 Å². The van der Waals surface area contributed by atoms with Crippen LogP contribution in [0.3, 0.4) is 0 Å². The lowest BCUT2D eigenvalue weighted by Gasteiger charge is -2.22. The fourth-order valence-electron chi connectivity index (χ4n) is 3.00. The summed E-state index contributed by atoms with van der Waals surface area (Å²) >= 11 is 0. The summed E-state index contributed by atoms with van der Waals surface area (Å²) in [4.78, 5) is 16.1. The number of amides is 1. The van der Waals surface area contributed by atoms with Crippen molar-refractivity contribution >= 4 is 16.9 Å². The number of para-hydroxylation sites is 2. The van der Waals surface area contributed by atoms with E-state index in [0.29, 0.717) is 11.4 Å². The third-order valence-electron chi connectivity index (χ3n) is 4.73. The Morgan fingerprint density at radius 3 is 2.52 bits per heavy atom. The quantitative estimate of drug-likeness (QED) is 0.548. The molecule has 0 radical (unpaired) electrons. The van der Waals surface area contributed by atoms with Gasteiger partial charge in [-0.3, -0.25) is 4.79 Å². The highest BCUT2D eigenvalue weighted by Crippen LogP contribution is 2.27. The Labute approximate surface area is 157 Å². The number of aromatic nitrogens is 3. The Kier molecular flexibility index (Phi) is 4.24. The second-order valence-electron chi connectivity index (χ2n) is 6.54. The second-order valence-corrected chi connectivity index (χ2v) is 6.54. The van der Waals surface area contributed by atoms with Gasteiger partial charge in [0.2, 0.25) is 0 Å². The number of aryl methyl sites for hydroxylation is 1. The minimum Gasteiger partial charge on any atom is -0.459 e. The van der Waals surface area contributed by atoms with E-state index in [4.69, 9.17) is 4.42 Å². The van der Waals surface area contributed by atoms with Gasteiger partial charge in [0.05, 0.1) is 17.4 Å². The number of carbonyl (C=O) groups excluding carboxylic acids is 1. The summed E-state index contributed by atoms with van der Waals surface area (Å²) in [6.45, 7) is 3.73. The summed E-state index contributed by atoms with van der Waals surface area (Å²) in [5.74, 6) is 0.544. The smallest absolute Gasteiger partial charge is 0.276 e. The van der Waals surface area contributed by atoms with Gasteiger partial charge >= 0.3 is 0 Å². The molecule has 136 valence electrons. The standard InChI is InChI=1S/C21H20N4O2/c1-14-20(23-25(22-14)17-10-5-4-6-11-17)21(26)24(3)15(2)19-13-16-9-7-8-12-18(16)27-19/h4-13,15H,1-3H3/t15-/m1/s1. The van der Waals surface area contributed by atoms with E-state index in [9.17, 15) is 4.79 Å². The molecule has 0 spiro atoms. The zero-order valence-electron chi connectivity index (χ0n) is 15.5. The highest BCUT2D eigenvalue weighted by atomic mass is 16.3. The third kappa shape index (κ3) is 3.10. The molecular weight excluding hydrogens is 340 g/mol. The van der Waals surface area contributed by atoms with E-state index in [2.05, 4.69) is 10.2 Å². The summed E-state index contributed by atoms with van der Waals surface area (Å²) in [7, 11) is 1.75. The molecular formula is C21H20N4O2. The van der Waals surface area contributed by atoms with Gasteiger partial charge < -0.3 is 9.32 Å². The lowest BCUT2D eigenvalue weighted by atomic mass is 10.2. The predicted molar refractivity (Wildman–Crippen MR) is 103 cm³/mol. The Morgan fingerprint density at radius 1 is 1.07 bits per heavy atom. The van der Waals surface area contributed by atoms with Crippen LogP contribution in [-0.4, -0.2) is 32.8 Å². The zero-order valence-corrected chi connectivity index (χ0v) is 15.5. The fourth-order valence-corrected chi connectivity index (χ4v) is 3.00. The summed E-state index contributed by atoms with van der Waals surface area (Å²) < 4.78 is 5.91. The van der Waals surface area contributed by atoms with Crippen LogP contribution < -0.4 is 0 Å². The highest BCUT2D eigenvalue weighted by Gasteiger charge is 2.26. The van der Waals surface area contributed by atoms with Gasteiger partial charge in [-0.05, 0) is 38.1 Å². The van der Waals surface area contributed by atoms with Crippen LogP contribution in [-0.2, 0) is 0 Å². The van der Waals surface area contributed by atoms with Crippen LogP contribution in [0.4, 0.5) is 0 Å². The van der Waals surface area contributed by atoms with Crippen molar-refractivity contribution in [1.82, 2.24) is 19.9 Å². The van der Waals surface area contributed by atoms with Gasteiger partial charge in [-0.2, -0.15) is 9.90 Å². The minimum atomic E-state index is -0.230. The average molecular weight is 360 g/mol. The van der Waals surface area contributed by atoms with Crippen molar-refractivity contribution in [3.63, 3.8) is 0 Å². The average Bonchev–Trinajstić information content (AvgIpc) is 3.30. The van der Waals surface area contributed by atoms with Crippen LogP contribution in [0.15, 0.2) is 65.1 Å². The first kappa shape index (κ1) is 17.0. The molecule has 0 bridgehead atoms. The molecule has 0 saturated carbocycles. The van der Waals surface area contributed by atoms with Crippen LogP contribution in [0.25, 0.3) is 16.7 Å². The lowest BCUT2D eigenvalue weighted by Crippen LogP contribution is -2.30. The van der Waals surface area contributed by atoms with Gasteiger partial charge in [-0.1, -0.05) is 36.4 Å². The summed E-state index contributed by atoms with van der Waals surface area (Å²) in [5.41, 5.74) is 2.55. The second kappa shape index (κ2) is 6.72. The molecule has 0 aliphatic rings. The number of furan rings is 1. The van der Waals surface area contributed by atoms with E-state index in [-0.39, 0.29) is 11.9 Å². The SMILES string of the molecule is Cc1nn(-c2ccccc2)nc1C(=O)N(C)[C@H](C)c1cc2ccccc2o1. The van der Waals surface area contributed by atoms with E-state index in [1.807, 2.05) is 67.6 Å². The van der Waals surface area contributed by atoms with E-state index in [1.54, 1.807) is 18.9 Å². The predicted octanol–water partition coefficient (Wildman–Crippen LogP) is 4.16. The Bertz CT molecular complexity index is 1060. The lowest BCUT2D eigenvalue weighted by molar-refractivity contribution is 0.0720. The van der Waals surface area contributed by atoms with Crippen molar-refractivity contribution in [2.45, 2.75) is 19.9 Å². The molecule has 6 nitrogen and oxygen atoms in total. The molecule has 2 heterocycles. The fraction of sp³-hybridized carbons (Fsp3) is 0.190. The monoisotopic (exact) mass is 360 g/mol. The van der Waals surface area contributed by atoms with Gasteiger partial charge in [0.15, 0.2) is 5.69 Å². The van der Waals surface area contributed by atoms with Crippen LogP contribution in [0.5, 0.6) is 0 Å². The molecule has 1 atom stereocenters. The maximum atomic E-state index is 13.0. The summed E-state index contributed by atoms with van der Waals surface area (Å²) in [6.07, 6.45) is 0. The molecule has 1 amide bonds. The number of nitrogens with zero attached hydrogens (tertiary/aromatic N) is 4. The first-order chi connectivity index (χ1) is 13.0. The van der Waals surface area contributed by atoms with Gasteiger partial charge in [-0.25, -0.2) is 0 Å². The molecule has 4 aromatic rings. The summed E-state index contributed by atoms with van der Waals surface area (Å²) in [5, 5.41) is 9.81. The van der Waals surface area contributed by atoms with E-state index < -0.39 is 0 Å². The number of fused-ring (bicyclic) bond motifs is 1. The van der Waals surface area contributed by atoms with Crippen molar-refractivity contribution in [3.8, 4) is 5.69 Å². The molecule has 4 rings (SSSR count). The molecule has 0 N–H and O–H groups in total. The first-order valence-corrected chi connectivity index (χ1v) is 8.79. The molecule has 2 aromatic carbocycles. The van der Waals surface area contributed by atoms with E-state index in [1.165, 1.54) is 4.80 Å². The van der Waals surface area contributed by atoms with Gasteiger partial charge in [0.25, 0.3) is 5.91 Å². The highest BCUT2D eigenvalue weighted by molar-refractivity contribution is 5.93. The Morgan fingerprint density at radius 2 is 1.78 bits per heavy atom. The largest absolute Gasteiger partial charge is 0.459 e. The van der Waals surface area contributed by atoms with E-state index in [0.717, 1.165) is 22.4 Å². The Balaban J connectivity index is 1.61. The maximum absolute atomic E-state index is 13.0. The molecule has 0 aliphatic carbocycles. The van der Waals surface area contributed by atoms with Crippen molar-refractivity contribution in [3.05, 3.63) is 77.8 Å². The number of rotatable bonds is 4. The minimum absolute atomic E-state index is 0.192. The zero-order chi connectivity index (χ0) is 19.0. The normalized spacial score (nSPS) is 12.3. The molecule has 2 aromatic heterocycles. The molecule has 0 unspecified atom stereocenters. The number of hydrogen-bond donors (Lipinski definition) is 0. The molecule has 6 heteroatoms. The summed E-state index contributed by atoms with van der Waals surface area (Å²) in [6, 6.07) is 19.1. The van der Waals surface area contributed by atoms with Gasteiger partial charge in [-0.15, -0.1) is 5.10 Å². The van der Waals surface area contributed by atoms with Crippen LogP contribution in [0, 0.1) is 6.92 Å². The first-order valence-electron chi connectivity index (χ1n) is 8.79. The molecule has 0 saturated heterocycles. The van der Waals surface area contributed by atoms with Crippen molar-refractivity contribution in [1.29, 1.82) is 0 Å². The molecule has 27 heavy (non-hydrogen) atoms.